The molecule has 0 saturated carbocycles. The van der Waals surface area contributed by atoms with Crippen LogP contribution in [0, 0.1) is 0 Å². The van der Waals surface area contributed by atoms with E-state index in [0.29, 0.717) is 0 Å². The molecule has 0 fully saturated rings. The average Bonchev–Trinajstić information content (AvgIpc) is 2.92. The van der Waals surface area contributed by atoms with Crippen LogP contribution in [0.3, 0.4) is 0 Å². The summed E-state index contributed by atoms with van der Waals surface area (Å²) in [6, 6.07) is 7.86. The van der Waals surface area contributed by atoms with Crippen molar-refractivity contribution in [3.05, 3.63) is 36.7 Å². The number of aromatic amines is 2. The molecule has 0 aliphatic heterocycles. The van der Waals surface area contributed by atoms with Gasteiger partial charge in [-0.25, -0.2) is 0 Å². The van der Waals surface area contributed by atoms with Gasteiger partial charge in [0.05, 0.1) is 10.6 Å². The maximum absolute atomic E-state index is 5.63. The molecule has 2 rings (SSSR count). The third-order valence-electron chi connectivity index (χ3n) is 2.48. The standard InChI is InChI=1S/C10H14N2O2Si/c1-13-15(14-2,9-5-3-7-11-9)10-6-4-8-12-10/h3-8,11-12H,1-2H3. The Bertz CT molecular complexity index is 357. The normalized spacial score (nSPS) is 11.9. The second kappa shape index (κ2) is 4.06. The summed E-state index contributed by atoms with van der Waals surface area (Å²) < 4.78 is 11.3. The number of aromatic nitrogens is 2. The lowest BCUT2D eigenvalue weighted by molar-refractivity contribution is 0.271. The van der Waals surface area contributed by atoms with Crippen molar-refractivity contribution < 1.29 is 8.85 Å². The minimum atomic E-state index is -2.50. The maximum Gasteiger partial charge on any atom is 0.439 e. The van der Waals surface area contributed by atoms with E-state index < -0.39 is 8.56 Å². The molecular weight excluding hydrogens is 208 g/mol. The van der Waals surface area contributed by atoms with Gasteiger partial charge in [-0.2, -0.15) is 0 Å². The quantitative estimate of drug-likeness (QED) is 0.726. The number of hydrogen-bond acceptors (Lipinski definition) is 2. The molecule has 0 radical (unpaired) electrons. The number of rotatable bonds is 4. The molecule has 15 heavy (non-hydrogen) atoms. The van der Waals surface area contributed by atoms with E-state index in [0.717, 1.165) is 10.6 Å². The molecule has 0 aliphatic rings. The second-order valence-corrected chi connectivity index (χ2v) is 6.32. The van der Waals surface area contributed by atoms with Gasteiger partial charge in [-0.15, -0.1) is 0 Å². The second-order valence-electron chi connectivity index (χ2n) is 3.19. The van der Waals surface area contributed by atoms with Crippen molar-refractivity contribution in [1.29, 1.82) is 0 Å². The average molecular weight is 222 g/mol. The molecule has 0 aliphatic carbocycles. The van der Waals surface area contributed by atoms with E-state index in [9.17, 15) is 0 Å². The Hall–Kier alpha value is -1.30. The molecule has 2 heterocycles. The van der Waals surface area contributed by atoms with Crippen LogP contribution in [0.1, 0.15) is 0 Å². The Labute approximate surface area is 89.5 Å². The van der Waals surface area contributed by atoms with Crippen molar-refractivity contribution in [2.75, 3.05) is 14.2 Å². The number of nitrogens with one attached hydrogen (secondary N) is 2. The van der Waals surface area contributed by atoms with Gasteiger partial charge < -0.3 is 18.8 Å². The lowest BCUT2D eigenvalue weighted by Crippen LogP contribution is -2.63. The molecule has 80 valence electrons. The molecule has 0 spiro atoms. The maximum atomic E-state index is 5.63. The Morgan fingerprint density at radius 3 is 1.67 bits per heavy atom. The molecule has 0 unspecified atom stereocenters. The predicted octanol–water partition coefficient (Wildman–Crippen LogP) is 0.192. The summed E-state index contributed by atoms with van der Waals surface area (Å²) >= 11 is 0. The lowest BCUT2D eigenvalue weighted by atomic mass is 10.7. The van der Waals surface area contributed by atoms with Crippen molar-refractivity contribution in [3.63, 3.8) is 0 Å². The summed E-state index contributed by atoms with van der Waals surface area (Å²) in [6.45, 7) is 0. The van der Waals surface area contributed by atoms with Crippen molar-refractivity contribution >= 4 is 19.2 Å². The third kappa shape index (κ3) is 1.54. The molecule has 0 bridgehead atoms. The van der Waals surface area contributed by atoms with Crippen molar-refractivity contribution in [3.8, 4) is 0 Å². The topological polar surface area (TPSA) is 50.0 Å². The highest BCUT2D eigenvalue weighted by atomic mass is 28.4. The van der Waals surface area contributed by atoms with Crippen molar-refractivity contribution in [1.82, 2.24) is 9.97 Å². The summed E-state index contributed by atoms with van der Waals surface area (Å²) in [5.41, 5.74) is 0. The van der Waals surface area contributed by atoms with E-state index in [1.807, 2.05) is 36.7 Å². The summed E-state index contributed by atoms with van der Waals surface area (Å²) in [4.78, 5) is 6.32. The largest absolute Gasteiger partial charge is 0.439 e. The summed E-state index contributed by atoms with van der Waals surface area (Å²) in [5, 5.41) is 1.99. The Morgan fingerprint density at radius 2 is 1.40 bits per heavy atom. The van der Waals surface area contributed by atoms with E-state index in [2.05, 4.69) is 9.97 Å². The zero-order valence-electron chi connectivity index (χ0n) is 8.78. The first-order valence-corrected chi connectivity index (χ1v) is 6.53. The van der Waals surface area contributed by atoms with Gasteiger partial charge in [-0.3, -0.25) is 0 Å². The fourth-order valence-electron chi connectivity index (χ4n) is 1.74. The van der Waals surface area contributed by atoms with Crippen LogP contribution in [0.5, 0.6) is 0 Å². The van der Waals surface area contributed by atoms with Gasteiger partial charge >= 0.3 is 8.56 Å². The van der Waals surface area contributed by atoms with Crippen LogP contribution in [0.25, 0.3) is 0 Å². The molecular formula is C10H14N2O2Si. The van der Waals surface area contributed by atoms with Gasteiger partial charge in [0, 0.05) is 26.6 Å². The molecule has 0 aromatic carbocycles. The third-order valence-corrected chi connectivity index (χ3v) is 5.67. The van der Waals surface area contributed by atoms with Gasteiger partial charge in [0.25, 0.3) is 0 Å². The van der Waals surface area contributed by atoms with Crippen LogP contribution in [0.2, 0.25) is 0 Å². The van der Waals surface area contributed by atoms with Gasteiger partial charge in [0.1, 0.15) is 0 Å². The number of hydrogen-bond donors (Lipinski definition) is 2. The van der Waals surface area contributed by atoms with E-state index >= 15 is 0 Å². The first-order valence-electron chi connectivity index (χ1n) is 4.71. The summed E-state index contributed by atoms with van der Waals surface area (Å²) in [5.74, 6) is 0. The van der Waals surface area contributed by atoms with Gasteiger partial charge in [0.15, 0.2) is 0 Å². The van der Waals surface area contributed by atoms with E-state index in [4.69, 9.17) is 8.85 Å². The molecule has 2 aromatic rings. The fourth-order valence-corrected chi connectivity index (χ4v) is 4.25. The van der Waals surface area contributed by atoms with E-state index in [1.54, 1.807) is 14.2 Å². The Morgan fingerprint density at radius 1 is 0.933 bits per heavy atom. The SMILES string of the molecule is CO[Si](OC)(c1ccc[nH]1)c1ccc[nH]1. The smallest absolute Gasteiger partial charge is 0.389 e. The van der Waals surface area contributed by atoms with Crippen LogP contribution in [0.4, 0.5) is 0 Å². The van der Waals surface area contributed by atoms with Crippen LogP contribution in [-0.2, 0) is 8.85 Å². The minimum absolute atomic E-state index is 0.995. The van der Waals surface area contributed by atoms with Crippen LogP contribution in [-0.4, -0.2) is 32.7 Å². The molecule has 2 aromatic heterocycles. The number of H-pyrrole nitrogens is 2. The van der Waals surface area contributed by atoms with E-state index in [-0.39, 0.29) is 0 Å². The van der Waals surface area contributed by atoms with Crippen molar-refractivity contribution in [2.45, 2.75) is 0 Å². The minimum Gasteiger partial charge on any atom is -0.389 e. The van der Waals surface area contributed by atoms with E-state index in [1.165, 1.54) is 0 Å². The molecule has 5 heteroatoms. The van der Waals surface area contributed by atoms with Crippen LogP contribution in [0.15, 0.2) is 36.7 Å². The highest BCUT2D eigenvalue weighted by Crippen LogP contribution is 2.04. The zero-order chi connectivity index (χ0) is 10.7. The Balaban J connectivity index is 2.50. The predicted molar refractivity (Wildman–Crippen MR) is 60.6 cm³/mol. The molecule has 0 amide bonds. The van der Waals surface area contributed by atoms with Gasteiger partial charge in [-0.1, -0.05) is 0 Å². The zero-order valence-corrected chi connectivity index (χ0v) is 9.78. The summed E-state index contributed by atoms with van der Waals surface area (Å²) in [6.07, 6.45) is 3.75. The van der Waals surface area contributed by atoms with Gasteiger partial charge in [-0.05, 0) is 24.3 Å². The van der Waals surface area contributed by atoms with Crippen LogP contribution >= 0.6 is 0 Å². The fraction of sp³-hybridized carbons (Fsp3) is 0.200. The monoisotopic (exact) mass is 222 g/mol. The summed E-state index contributed by atoms with van der Waals surface area (Å²) in [7, 11) is 0.854. The highest BCUT2D eigenvalue weighted by molar-refractivity contribution is 6.91. The van der Waals surface area contributed by atoms with Crippen molar-refractivity contribution in [2.24, 2.45) is 0 Å². The molecule has 0 saturated heterocycles. The molecule has 0 atom stereocenters. The van der Waals surface area contributed by atoms with Gasteiger partial charge in [0.2, 0.25) is 0 Å². The lowest BCUT2D eigenvalue weighted by Gasteiger charge is -2.24. The first kappa shape index (κ1) is 10.2. The Kier molecular flexibility index (Phi) is 2.76. The molecule has 4 nitrogen and oxygen atoms in total. The highest BCUT2D eigenvalue weighted by Gasteiger charge is 2.42. The molecule has 2 N–H and O–H groups in total. The first-order chi connectivity index (χ1) is 7.33. The van der Waals surface area contributed by atoms with Crippen LogP contribution < -0.4 is 10.6 Å².